The lowest BCUT2D eigenvalue weighted by atomic mass is 10.1. The quantitative estimate of drug-likeness (QED) is 0.239. The number of anilines is 4. The third kappa shape index (κ3) is 8.00. The van der Waals surface area contributed by atoms with Crippen LogP contribution >= 0.6 is 0 Å². The molecule has 4 aromatic rings. The molecule has 0 saturated carbocycles. The molecule has 0 radical (unpaired) electrons. The van der Waals surface area contributed by atoms with Gasteiger partial charge in [0.15, 0.2) is 0 Å². The molecule has 10 heteroatoms. The molecule has 0 bridgehead atoms. The zero-order valence-electron chi connectivity index (χ0n) is 21.9. The smallest absolute Gasteiger partial charge is 0.407 e. The first kappa shape index (κ1) is 27.1. The van der Waals surface area contributed by atoms with Crippen molar-refractivity contribution in [1.82, 2.24) is 15.3 Å². The standard InChI is InChI=1S/C29H30N6O4/c1-29(2,3)39-28(38)30-16-15-25(36)33-22-13-14-24-23(17-22)26(32-18-31-24)34-21-11-9-19(10-12-21)27(37)35-20-7-5-4-6-8-20/h4-14,17-18H,15-16H2,1-3H3,(H,30,38)(H,33,36)(H,35,37)(H,31,32,34). The molecule has 3 amide bonds. The van der Waals surface area contributed by atoms with Crippen LogP contribution in [0.5, 0.6) is 0 Å². The van der Waals surface area contributed by atoms with Crippen LogP contribution < -0.4 is 21.3 Å². The van der Waals surface area contributed by atoms with Gasteiger partial charge in [-0.1, -0.05) is 18.2 Å². The zero-order chi connectivity index (χ0) is 27.8. The number of nitrogens with one attached hydrogen (secondary N) is 4. The summed E-state index contributed by atoms with van der Waals surface area (Å²) in [7, 11) is 0. The van der Waals surface area contributed by atoms with E-state index in [1.165, 1.54) is 6.33 Å². The predicted octanol–water partition coefficient (Wildman–Crippen LogP) is 5.48. The first-order chi connectivity index (χ1) is 18.7. The number of hydrogen-bond donors (Lipinski definition) is 4. The minimum Gasteiger partial charge on any atom is -0.444 e. The van der Waals surface area contributed by atoms with Crippen molar-refractivity contribution in [2.24, 2.45) is 0 Å². The molecule has 0 aliphatic heterocycles. The van der Waals surface area contributed by atoms with Gasteiger partial charge in [-0.25, -0.2) is 14.8 Å². The van der Waals surface area contributed by atoms with Crippen LogP contribution in [0.25, 0.3) is 10.9 Å². The Labute approximate surface area is 226 Å². The summed E-state index contributed by atoms with van der Waals surface area (Å²) in [6.07, 6.45) is 0.962. The maximum absolute atomic E-state index is 12.5. The maximum Gasteiger partial charge on any atom is 0.407 e. The van der Waals surface area contributed by atoms with Gasteiger partial charge in [-0.3, -0.25) is 9.59 Å². The number of fused-ring (bicyclic) bond motifs is 1. The second kappa shape index (κ2) is 12.0. The maximum atomic E-state index is 12.5. The van der Waals surface area contributed by atoms with Gasteiger partial charge in [-0.2, -0.15) is 0 Å². The summed E-state index contributed by atoms with van der Waals surface area (Å²) in [6.45, 7) is 5.45. The molecule has 3 aromatic carbocycles. The molecule has 1 aromatic heterocycles. The van der Waals surface area contributed by atoms with Gasteiger partial charge in [0.1, 0.15) is 17.7 Å². The fraction of sp³-hybridized carbons (Fsp3) is 0.207. The summed E-state index contributed by atoms with van der Waals surface area (Å²) in [5.74, 6) is 0.0761. The summed E-state index contributed by atoms with van der Waals surface area (Å²) in [4.78, 5) is 45.3. The fourth-order valence-electron chi connectivity index (χ4n) is 3.62. The lowest BCUT2D eigenvalue weighted by Gasteiger charge is -2.19. The van der Waals surface area contributed by atoms with Crippen molar-refractivity contribution in [3.05, 3.63) is 84.7 Å². The Balaban J connectivity index is 1.38. The van der Waals surface area contributed by atoms with Crippen molar-refractivity contribution >= 4 is 51.7 Å². The molecule has 0 aliphatic carbocycles. The molecule has 0 saturated heterocycles. The molecule has 0 unspecified atom stereocenters. The number of benzene rings is 3. The average molecular weight is 527 g/mol. The van der Waals surface area contributed by atoms with Crippen molar-refractivity contribution in [1.29, 1.82) is 0 Å². The number of amides is 3. The van der Waals surface area contributed by atoms with Gasteiger partial charge < -0.3 is 26.0 Å². The first-order valence-corrected chi connectivity index (χ1v) is 12.4. The van der Waals surface area contributed by atoms with Gasteiger partial charge in [0.25, 0.3) is 5.91 Å². The third-order valence-corrected chi connectivity index (χ3v) is 5.38. The number of nitrogens with zero attached hydrogens (tertiary/aromatic N) is 2. The highest BCUT2D eigenvalue weighted by Gasteiger charge is 2.16. The Hall–Kier alpha value is -4.99. The summed E-state index contributed by atoms with van der Waals surface area (Å²) < 4.78 is 5.17. The van der Waals surface area contributed by atoms with Crippen molar-refractivity contribution < 1.29 is 19.1 Å². The molecule has 0 spiro atoms. The van der Waals surface area contributed by atoms with Crippen molar-refractivity contribution in [3.8, 4) is 0 Å². The predicted molar refractivity (Wildman–Crippen MR) is 151 cm³/mol. The molecular weight excluding hydrogens is 496 g/mol. The molecule has 4 rings (SSSR count). The van der Waals surface area contributed by atoms with Crippen molar-refractivity contribution in [2.75, 3.05) is 22.5 Å². The highest BCUT2D eigenvalue weighted by atomic mass is 16.6. The van der Waals surface area contributed by atoms with Gasteiger partial charge in [0.2, 0.25) is 5.91 Å². The molecule has 200 valence electrons. The largest absolute Gasteiger partial charge is 0.444 e. The van der Waals surface area contributed by atoms with E-state index >= 15 is 0 Å². The molecule has 1 heterocycles. The number of ether oxygens (including phenoxy) is 1. The summed E-state index contributed by atoms with van der Waals surface area (Å²) in [6, 6.07) is 21.6. The van der Waals surface area contributed by atoms with E-state index < -0.39 is 11.7 Å². The summed E-state index contributed by atoms with van der Waals surface area (Å²) >= 11 is 0. The Morgan fingerprint density at radius 2 is 1.54 bits per heavy atom. The van der Waals surface area contributed by atoms with Crippen LogP contribution in [0.4, 0.5) is 27.7 Å². The average Bonchev–Trinajstić information content (AvgIpc) is 2.89. The minimum absolute atomic E-state index is 0.0812. The Morgan fingerprint density at radius 1 is 0.821 bits per heavy atom. The van der Waals surface area contributed by atoms with Gasteiger partial charge >= 0.3 is 6.09 Å². The van der Waals surface area contributed by atoms with E-state index in [4.69, 9.17) is 4.74 Å². The second-order valence-electron chi connectivity index (χ2n) is 9.70. The van der Waals surface area contributed by atoms with Crippen LogP contribution in [-0.2, 0) is 9.53 Å². The highest BCUT2D eigenvalue weighted by Crippen LogP contribution is 2.26. The van der Waals surface area contributed by atoms with Crippen LogP contribution in [0.2, 0.25) is 0 Å². The Bertz CT molecular complexity index is 1470. The molecular formula is C29H30N6O4. The van der Waals surface area contributed by atoms with E-state index in [-0.39, 0.29) is 24.8 Å². The Kier molecular flexibility index (Phi) is 8.35. The number of carbonyl (C=O) groups excluding carboxylic acids is 3. The van der Waals surface area contributed by atoms with Gasteiger partial charge in [0, 0.05) is 41.0 Å². The number of para-hydroxylation sites is 1. The monoisotopic (exact) mass is 526 g/mol. The number of rotatable bonds is 8. The highest BCUT2D eigenvalue weighted by molar-refractivity contribution is 6.04. The van der Waals surface area contributed by atoms with E-state index in [2.05, 4.69) is 31.2 Å². The minimum atomic E-state index is -0.607. The Morgan fingerprint density at radius 3 is 2.26 bits per heavy atom. The first-order valence-electron chi connectivity index (χ1n) is 12.4. The van der Waals surface area contributed by atoms with Crippen LogP contribution in [-0.4, -0.2) is 40.0 Å². The zero-order valence-corrected chi connectivity index (χ0v) is 21.9. The second-order valence-corrected chi connectivity index (χ2v) is 9.70. The van der Waals surface area contributed by atoms with Crippen LogP contribution in [0.3, 0.4) is 0 Å². The van der Waals surface area contributed by atoms with Crippen LogP contribution in [0.1, 0.15) is 37.6 Å². The topological polar surface area (TPSA) is 134 Å². The number of alkyl carbamates (subject to hydrolysis) is 1. The number of carbonyl (C=O) groups is 3. The normalized spacial score (nSPS) is 10.9. The number of hydrogen-bond acceptors (Lipinski definition) is 7. The molecule has 0 atom stereocenters. The molecule has 4 N–H and O–H groups in total. The molecule has 0 fully saturated rings. The SMILES string of the molecule is CC(C)(C)OC(=O)NCCC(=O)Nc1ccc2ncnc(Nc3ccc(C(=O)Nc4ccccc4)cc3)c2c1. The van der Waals surface area contributed by atoms with Gasteiger partial charge in [-0.15, -0.1) is 0 Å². The molecule has 39 heavy (non-hydrogen) atoms. The van der Waals surface area contributed by atoms with E-state index in [0.29, 0.717) is 28.0 Å². The van der Waals surface area contributed by atoms with Gasteiger partial charge in [-0.05, 0) is 75.4 Å². The van der Waals surface area contributed by atoms with E-state index in [1.807, 2.05) is 30.3 Å². The van der Waals surface area contributed by atoms with Crippen LogP contribution in [0.15, 0.2) is 79.1 Å². The summed E-state index contributed by atoms with van der Waals surface area (Å²) in [5, 5.41) is 12.2. The van der Waals surface area contributed by atoms with E-state index in [9.17, 15) is 14.4 Å². The van der Waals surface area contributed by atoms with E-state index in [1.54, 1.807) is 63.2 Å². The lowest BCUT2D eigenvalue weighted by Crippen LogP contribution is -2.34. The van der Waals surface area contributed by atoms with Crippen molar-refractivity contribution in [2.45, 2.75) is 32.8 Å². The third-order valence-electron chi connectivity index (χ3n) is 5.38. The molecule has 0 aliphatic rings. The fourth-order valence-corrected chi connectivity index (χ4v) is 3.62. The number of aromatic nitrogens is 2. The van der Waals surface area contributed by atoms with E-state index in [0.717, 1.165) is 11.4 Å². The lowest BCUT2D eigenvalue weighted by molar-refractivity contribution is -0.116. The van der Waals surface area contributed by atoms with Crippen LogP contribution in [0, 0.1) is 0 Å². The molecule has 10 nitrogen and oxygen atoms in total. The van der Waals surface area contributed by atoms with Crippen molar-refractivity contribution in [3.63, 3.8) is 0 Å². The van der Waals surface area contributed by atoms with Gasteiger partial charge in [0.05, 0.1) is 5.52 Å². The summed E-state index contributed by atoms with van der Waals surface area (Å²) in [5.41, 5.74) is 2.62.